The predicted molar refractivity (Wildman–Crippen MR) is 81.5 cm³/mol. The van der Waals surface area contributed by atoms with Gasteiger partial charge in [-0.15, -0.1) is 0 Å². The molecule has 0 saturated heterocycles. The molecule has 0 amide bonds. The molecule has 2 aromatic carbocycles. The van der Waals surface area contributed by atoms with E-state index in [1.54, 1.807) is 13.2 Å². The molecule has 0 atom stereocenters. The maximum atomic E-state index is 12.0. The first-order valence-corrected chi connectivity index (χ1v) is 6.61. The first-order valence-electron chi connectivity index (χ1n) is 6.61. The minimum Gasteiger partial charge on any atom is -0.497 e. The monoisotopic (exact) mass is 278 g/mol. The summed E-state index contributed by atoms with van der Waals surface area (Å²) in [6.45, 7) is 0. The van der Waals surface area contributed by atoms with Gasteiger partial charge in [0.15, 0.2) is 5.76 Å². The molecule has 1 heterocycles. The first-order chi connectivity index (χ1) is 10.3. The zero-order valence-corrected chi connectivity index (χ0v) is 11.6. The lowest BCUT2D eigenvalue weighted by Crippen LogP contribution is -1.93. The van der Waals surface area contributed by atoms with Crippen molar-refractivity contribution in [1.29, 1.82) is 0 Å². The normalized spacial score (nSPS) is 15.8. The quantitative estimate of drug-likeness (QED) is 0.803. The highest BCUT2D eigenvalue weighted by molar-refractivity contribution is 6.12. The molecule has 0 radical (unpaired) electrons. The number of hydrogen-bond acceptors (Lipinski definition) is 3. The Morgan fingerprint density at radius 2 is 1.71 bits per heavy atom. The molecule has 0 fully saturated rings. The van der Waals surface area contributed by atoms with Gasteiger partial charge in [0.1, 0.15) is 11.5 Å². The van der Waals surface area contributed by atoms with Crippen molar-refractivity contribution < 1.29 is 14.3 Å². The Morgan fingerprint density at radius 3 is 2.38 bits per heavy atom. The maximum Gasteiger partial charge on any atom is 0.224 e. The van der Waals surface area contributed by atoms with Crippen LogP contribution in [0.25, 0.3) is 11.8 Å². The van der Waals surface area contributed by atoms with Crippen LogP contribution in [0, 0.1) is 0 Å². The van der Waals surface area contributed by atoms with Crippen molar-refractivity contribution in [2.75, 3.05) is 7.11 Å². The van der Waals surface area contributed by atoms with E-state index in [-0.39, 0.29) is 5.78 Å². The van der Waals surface area contributed by atoms with Crippen LogP contribution in [0.4, 0.5) is 0 Å². The van der Waals surface area contributed by atoms with Crippen LogP contribution in [-0.2, 0) is 9.53 Å². The molecule has 1 aliphatic heterocycles. The number of methoxy groups -OCH3 is 1. The van der Waals surface area contributed by atoms with Gasteiger partial charge in [0, 0.05) is 11.6 Å². The fourth-order valence-corrected chi connectivity index (χ4v) is 2.09. The van der Waals surface area contributed by atoms with Crippen molar-refractivity contribution in [3.05, 3.63) is 77.6 Å². The SMILES string of the molecule is COc1ccc(C2=CC(=O)/C(=C/c3ccccc3)O2)cc1. The summed E-state index contributed by atoms with van der Waals surface area (Å²) in [6.07, 6.45) is 3.26. The molecule has 3 nitrogen and oxygen atoms in total. The van der Waals surface area contributed by atoms with Crippen LogP contribution in [0.5, 0.6) is 5.75 Å². The predicted octanol–water partition coefficient (Wildman–Crippen LogP) is 3.68. The molecule has 104 valence electrons. The second-order valence-electron chi connectivity index (χ2n) is 4.62. The van der Waals surface area contributed by atoms with Crippen LogP contribution >= 0.6 is 0 Å². The fourth-order valence-electron chi connectivity index (χ4n) is 2.09. The van der Waals surface area contributed by atoms with E-state index in [4.69, 9.17) is 9.47 Å². The molecular formula is C18H14O3. The third-order valence-electron chi connectivity index (χ3n) is 3.20. The Balaban J connectivity index is 1.83. The number of ketones is 1. The third-order valence-corrected chi connectivity index (χ3v) is 3.20. The molecule has 0 N–H and O–H groups in total. The summed E-state index contributed by atoms with van der Waals surface area (Å²) >= 11 is 0. The van der Waals surface area contributed by atoms with Gasteiger partial charge in [0.25, 0.3) is 0 Å². The van der Waals surface area contributed by atoms with Crippen molar-refractivity contribution in [2.24, 2.45) is 0 Å². The Morgan fingerprint density at radius 1 is 1.00 bits per heavy atom. The van der Waals surface area contributed by atoms with Gasteiger partial charge in [0.05, 0.1) is 7.11 Å². The van der Waals surface area contributed by atoms with E-state index in [0.717, 1.165) is 16.9 Å². The van der Waals surface area contributed by atoms with E-state index in [9.17, 15) is 4.79 Å². The van der Waals surface area contributed by atoms with Crippen LogP contribution in [0.15, 0.2) is 66.4 Å². The zero-order valence-electron chi connectivity index (χ0n) is 11.6. The van der Waals surface area contributed by atoms with E-state index < -0.39 is 0 Å². The van der Waals surface area contributed by atoms with Crippen molar-refractivity contribution in [2.45, 2.75) is 0 Å². The number of ether oxygens (including phenoxy) is 2. The van der Waals surface area contributed by atoms with Crippen LogP contribution < -0.4 is 4.74 Å². The van der Waals surface area contributed by atoms with E-state index in [0.29, 0.717) is 11.5 Å². The van der Waals surface area contributed by atoms with Crippen molar-refractivity contribution >= 4 is 17.6 Å². The van der Waals surface area contributed by atoms with Gasteiger partial charge in [-0.05, 0) is 35.9 Å². The molecule has 0 aromatic heterocycles. The summed E-state index contributed by atoms with van der Waals surface area (Å²) < 4.78 is 10.8. The second-order valence-corrected chi connectivity index (χ2v) is 4.62. The average Bonchev–Trinajstić information content (AvgIpc) is 2.89. The largest absolute Gasteiger partial charge is 0.497 e. The highest BCUT2D eigenvalue weighted by atomic mass is 16.5. The number of carbonyl (C=O) groups is 1. The summed E-state index contributed by atoms with van der Waals surface area (Å²) in [6, 6.07) is 17.0. The zero-order chi connectivity index (χ0) is 14.7. The maximum absolute atomic E-state index is 12.0. The van der Waals surface area contributed by atoms with Crippen LogP contribution in [0.3, 0.4) is 0 Å². The summed E-state index contributed by atoms with van der Waals surface area (Å²) in [5, 5.41) is 0. The van der Waals surface area contributed by atoms with Gasteiger partial charge in [-0.1, -0.05) is 30.3 Å². The lowest BCUT2D eigenvalue weighted by atomic mass is 10.1. The van der Waals surface area contributed by atoms with Gasteiger partial charge in [-0.2, -0.15) is 0 Å². The average molecular weight is 278 g/mol. The molecule has 0 spiro atoms. The summed E-state index contributed by atoms with van der Waals surface area (Å²) in [5.41, 5.74) is 1.78. The second kappa shape index (κ2) is 5.67. The summed E-state index contributed by atoms with van der Waals surface area (Å²) in [4.78, 5) is 12.0. The molecule has 0 saturated carbocycles. The Bertz CT molecular complexity index is 710. The summed E-state index contributed by atoms with van der Waals surface area (Å²) in [7, 11) is 1.62. The molecular weight excluding hydrogens is 264 g/mol. The smallest absolute Gasteiger partial charge is 0.224 e. The van der Waals surface area contributed by atoms with E-state index in [1.807, 2.05) is 54.6 Å². The Hall–Kier alpha value is -2.81. The third kappa shape index (κ3) is 2.87. The highest BCUT2D eigenvalue weighted by Gasteiger charge is 2.21. The minimum atomic E-state index is -0.121. The first kappa shape index (κ1) is 13.2. The number of rotatable bonds is 3. The fraction of sp³-hybridized carbons (Fsp3) is 0.0556. The van der Waals surface area contributed by atoms with Gasteiger partial charge < -0.3 is 9.47 Å². The number of carbonyl (C=O) groups excluding carboxylic acids is 1. The molecule has 3 rings (SSSR count). The number of hydrogen-bond donors (Lipinski definition) is 0. The molecule has 0 aliphatic carbocycles. The van der Waals surface area contributed by atoms with E-state index in [1.165, 1.54) is 6.08 Å². The lowest BCUT2D eigenvalue weighted by Gasteiger charge is -2.05. The molecule has 2 aromatic rings. The van der Waals surface area contributed by atoms with Crippen LogP contribution in [0.2, 0.25) is 0 Å². The molecule has 0 bridgehead atoms. The molecule has 3 heteroatoms. The topological polar surface area (TPSA) is 35.5 Å². The van der Waals surface area contributed by atoms with Crippen LogP contribution in [-0.4, -0.2) is 12.9 Å². The molecule has 0 unspecified atom stereocenters. The Kier molecular flexibility index (Phi) is 3.56. The Labute approximate surface area is 123 Å². The van der Waals surface area contributed by atoms with E-state index >= 15 is 0 Å². The van der Waals surface area contributed by atoms with Crippen molar-refractivity contribution in [1.82, 2.24) is 0 Å². The van der Waals surface area contributed by atoms with Crippen LogP contribution in [0.1, 0.15) is 11.1 Å². The highest BCUT2D eigenvalue weighted by Crippen LogP contribution is 2.28. The molecule has 1 aliphatic rings. The van der Waals surface area contributed by atoms with Crippen molar-refractivity contribution in [3.63, 3.8) is 0 Å². The van der Waals surface area contributed by atoms with Crippen molar-refractivity contribution in [3.8, 4) is 5.75 Å². The number of allylic oxidation sites excluding steroid dienone is 1. The van der Waals surface area contributed by atoms with Gasteiger partial charge in [0.2, 0.25) is 5.78 Å². The number of benzene rings is 2. The standard InChI is InChI=1S/C18H14O3/c1-20-15-9-7-14(8-10-15)17-12-16(19)18(21-17)11-13-5-3-2-4-6-13/h2-12H,1H3/b18-11-. The minimum absolute atomic E-state index is 0.121. The van der Waals surface area contributed by atoms with E-state index in [2.05, 4.69) is 0 Å². The molecule has 21 heavy (non-hydrogen) atoms. The lowest BCUT2D eigenvalue weighted by molar-refractivity contribution is -0.112. The van der Waals surface area contributed by atoms with Gasteiger partial charge in [-0.25, -0.2) is 0 Å². The summed E-state index contributed by atoms with van der Waals surface area (Å²) in [5.74, 6) is 1.55. The van der Waals surface area contributed by atoms with Gasteiger partial charge >= 0.3 is 0 Å². The van der Waals surface area contributed by atoms with Gasteiger partial charge in [-0.3, -0.25) is 4.79 Å².